The fraction of sp³-hybridized carbons (Fsp3) is 0.333. The van der Waals surface area contributed by atoms with E-state index in [0.717, 1.165) is 29.0 Å². The molecule has 2 aromatic heterocycles. The van der Waals surface area contributed by atoms with Gasteiger partial charge in [-0.2, -0.15) is 5.10 Å². The minimum Gasteiger partial charge on any atom is -0.398 e. The molecule has 0 aliphatic carbocycles. The van der Waals surface area contributed by atoms with Crippen LogP contribution in [-0.4, -0.2) is 19.3 Å². The van der Waals surface area contributed by atoms with Gasteiger partial charge in [-0.1, -0.05) is 19.9 Å². The molecule has 5 heteroatoms. The Labute approximate surface area is 118 Å². The molecule has 0 atom stereocenters. The summed E-state index contributed by atoms with van der Waals surface area (Å²) >= 11 is 0. The van der Waals surface area contributed by atoms with Crippen molar-refractivity contribution in [1.82, 2.24) is 19.3 Å². The second-order valence-corrected chi connectivity index (χ2v) is 5.48. The van der Waals surface area contributed by atoms with Crippen molar-refractivity contribution in [3.8, 4) is 0 Å². The monoisotopic (exact) mass is 269 g/mol. The Hall–Kier alpha value is -2.30. The third-order valence-electron chi connectivity index (χ3n) is 3.39. The Balaban J connectivity index is 1.94. The summed E-state index contributed by atoms with van der Waals surface area (Å²) in [4.78, 5) is 4.37. The molecule has 0 radical (unpaired) electrons. The molecular weight excluding hydrogens is 250 g/mol. The molecule has 1 aromatic carbocycles. The maximum Gasteiger partial charge on any atom is 0.146 e. The fourth-order valence-electron chi connectivity index (χ4n) is 2.45. The van der Waals surface area contributed by atoms with Crippen molar-refractivity contribution < 1.29 is 0 Å². The van der Waals surface area contributed by atoms with E-state index in [0.29, 0.717) is 12.5 Å². The van der Waals surface area contributed by atoms with Gasteiger partial charge >= 0.3 is 0 Å². The molecule has 0 fully saturated rings. The Bertz CT molecular complexity index is 723. The number of rotatable bonds is 4. The van der Waals surface area contributed by atoms with Crippen molar-refractivity contribution in [1.29, 1.82) is 0 Å². The van der Waals surface area contributed by atoms with Gasteiger partial charge < -0.3 is 10.3 Å². The number of fused-ring (bicyclic) bond motifs is 1. The number of nitrogens with zero attached hydrogens (tertiary/aromatic N) is 4. The molecule has 20 heavy (non-hydrogen) atoms. The molecule has 2 N–H and O–H groups in total. The first-order valence-corrected chi connectivity index (χ1v) is 6.85. The second-order valence-electron chi connectivity index (χ2n) is 5.48. The van der Waals surface area contributed by atoms with Gasteiger partial charge in [0, 0.05) is 23.8 Å². The smallest absolute Gasteiger partial charge is 0.146 e. The topological polar surface area (TPSA) is 61.7 Å². The Morgan fingerprint density at radius 2 is 2.10 bits per heavy atom. The maximum absolute atomic E-state index is 5.99. The standard InChI is InChI=1S/C15H19N5/c1-11(2)8-20-15(17-10-18-20)9-19-7-6-12-13(16)4-3-5-14(12)19/h3-7,10-11H,8-9,16H2,1-2H3. The molecule has 0 aliphatic heterocycles. The van der Waals surface area contributed by atoms with Gasteiger partial charge in [0.15, 0.2) is 0 Å². The molecule has 5 nitrogen and oxygen atoms in total. The highest BCUT2D eigenvalue weighted by molar-refractivity contribution is 5.91. The van der Waals surface area contributed by atoms with Crippen molar-refractivity contribution in [2.45, 2.75) is 26.9 Å². The molecule has 0 amide bonds. The molecule has 0 saturated heterocycles. The van der Waals surface area contributed by atoms with Gasteiger partial charge in [-0.25, -0.2) is 9.67 Å². The van der Waals surface area contributed by atoms with E-state index in [4.69, 9.17) is 5.73 Å². The summed E-state index contributed by atoms with van der Waals surface area (Å²) in [6, 6.07) is 8.03. The van der Waals surface area contributed by atoms with Crippen LogP contribution in [0.3, 0.4) is 0 Å². The van der Waals surface area contributed by atoms with Crippen LogP contribution < -0.4 is 5.73 Å². The van der Waals surface area contributed by atoms with Gasteiger partial charge in [0.25, 0.3) is 0 Å². The van der Waals surface area contributed by atoms with Crippen LogP contribution >= 0.6 is 0 Å². The normalized spacial score (nSPS) is 11.6. The predicted octanol–water partition coefficient (Wildman–Crippen LogP) is 2.52. The zero-order valence-corrected chi connectivity index (χ0v) is 11.8. The number of nitrogen functional groups attached to an aromatic ring is 1. The molecule has 0 bridgehead atoms. The number of nitrogens with two attached hydrogens (primary N) is 1. The predicted molar refractivity (Wildman–Crippen MR) is 80.3 cm³/mol. The van der Waals surface area contributed by atoms with E-state index in [1.165, 1.54) is 0 Å². The van der Waals surface area contributed by atoms with E-state index in [1.807, 2.05) is 22.9 Å². The van der Waals surface area contributed by atoms with Crippen LogP contribution in [0.2, 0.25) is 0 Å². The van der Waals surface area contributed by atoms with Gasteiger partial charge in [-0.3, -0.25) is 0 Å². The molecule has 0 unspecified atom stereocenters. The number of anilines is 1. The van der Waals surface area contributed by atoms with E-state index < -0.39 is 0 Å². The van der Waals surface area contributed by atoms with E-state index in [9.17, 15) is 0 Å². The summed E-state index contributed by atoms with van der Waals surface area (Å²) in [6.45, 7) is 5.95. The Morgan fingerprint density at radius 1 is 1.25 bits per heavy atom. The number of hydrogen-bond acceptors (Lipinski definition) is 3. The third kappa shape index (κ3) is 2.27. The molecule has 0 aliphatic rings. The van der Waals surface area contributed by atoms with Crippen molar-refractivity contribution >= 4 is 16.6 Å². The molecule has 3 rings (SSSR count). The van der Waals surface area contributed by atoms with Gasteiger partial charge in [-0.15, -0.1) is 0 Å². The summed E-state index contributed by atoms with van der Waals surface area (Å²) < 4.78 is 4.13. The molecule has 104 valence electrons. The van der Waals surface area contributed by atoms with Crippen LogP contribution in [0, 0.1) is 5.92 Å². The Morgan fingerprint density at radius 3 is 2.90 bits per heavy atom. The van der Waals surface area contributed by atoms with Crippen LogP contribution in [0.5, 0.6) is 0 Å². The molecule has 2 heterocycles. The second kappa shape index (κ2) is 5.00. The van der Waals surface area contributed by atoms with Crippen molar-refractivity contribution in [2.24, 2.45) is 5.92 Å². The summed E-state index contributed by atoms with van der Waals surface area (Å²) in [7, 11) is 0. The summed E-state index contributed by atoms with van der Waals surface area (Å²) in [5.41, 5.74) is 7.93. The average molecular weight is 269 g/mol. The molecule has 0 saturated carbocycles. The highest BCUT2D eigenvalue weighted by Crippen LogP contribution is 2.22. The lowest BCUT2D eigenvalue weighted by molar-refractivity contribution is 0.462. The van der Waals surface area contributed by atoms with Gasteiger partial charge in [0.1, 0.15) is 12.2 Å². The van der Waals surface area contributed by atoms with Crippen LogP contribution in [0.1, 0.15) is 19.7 Å². The largest absolute Gasteiger partial charge is 0.398 e. The van der Waals surface area contributed by atoms with E-state index in [-0.39, 0.29) is 0 Å². The fourth-order valence-corrected chi connectivity index (χ4v) is 2.45. The lowest BCUT2D eigenvalue weighted by atomic mass is 10.2. The van der Waals surface area contributed by atoms with Crippen molar-refractivity contribution in [3.63, 3.8) is 0 Å². The van der Waals surface area contributed by atoms with Gasteiger partial charge in [-0.05, 0) is 24.1 Å². The van der Waals surface area contributed by atoms with Crippen LogP contribution in [-0.2, 0) is 13.1 Å². The van der Waals surface area contributed by atoms with Crippen LogP contribution in [0.25, 0.3) is 10.9 Å². The van der Waals surface area contributed by atoms with Crippen molar-refractivity contribution in [3.05, 3.63) is 42.6 Å². The quantitative estimate of drug-likeness (QED) is 0.740. The van der Waals surface area contributed by atoms with E-state index in [2.05, 4.69) is 40.8 Å². The van der Waals surface area contributed by atoms with Crippen LogP contribution in [0.15, 0.2) is 36.8 Å². The molecule has 3 aromatic rings. The lowest BCUT2D eigenvalue weighted by Crippen LogP contribution is -2.12. The average Bonchev–Trinajstić information content (AvgIpc) is 2.99. The number of aromatic nitrogens is 4. The molecule has 0 spiro atoms. The summed E-state index contributed by atoms with van der Waals surface area (Å²) in [5, 5.41) is 5.39. The highest BCUT2D eigenvalue weighted by Gasteiger charge is 2.09. The first-order valence-electron chi connectivity index (χ1n) is 6.85. The first-order chi connectivity index (χ1) is 9.65. The summed E-state index contributed by atoms with van der Waals surface area (Å²) in [6.07, 6.45) is 3.67. The van der Waals surface area contributed by atoms with E-state index >= 15 is 0 Å². The zero-order chi connectivity index (χ0) is 14.1. The Kier molecular flexibility index (Phi) is 3.18. The minimum atomic E-state index is 0.549. The van der Waals surface area contributed by atoms with Crippen LogP contribution in [0.4, 0.5) is 5.69 Å². The SMILES string of the molecule is CC(C)Cn1ncnc1Cn1ccc2c(N)cccc21. The van der Waals surface area contributed by atoms with E-state index in [1.54, 1.807) is 6.33 Å². The third-order valence-corrected chi connectivity index (χ3v) is 3.39. The van der Waals surface area contributed by atoms with Gasteiger partial charge in [0.05, 0.1) is 12.1 Å². The molecular formula is C15H19N5. The zero-order valence-electron chi connectivity index (χ0n) is 11.8. The number of hydrogen-bond donors (Lipinski definition) is 1. The minimum absolute atomic E-state index is 0.549. The first kappa shape index (κ1) is 12.7. The van der Waals surface area contributed by atoms with Gasteiger partial charge in [0.2, 0.25) is 0 Å². The highest BCUT2D eigenvalue weighted by atomic mass is 15.3. The van der Waals surface area contributed by atoms with Crippen molar-refractivity contribution in [2.75, 3.05) is 5.73 Å². The number of benzene rings is 1. The lowest BCUT2D eigenvalue weighted by Gasteiger charge is -2.10. The maximum atomic E-state index is 5.99. The summed E-state index contributed by atoms with van der Waals surface area (Å²) in [5.74, 6) is 1.52.